The van der Waals surface area contributed by atoms with Crippen LogP contribution in [0.1, 0.15) is 18.4 Å². The van der Waals surface area contributed by atoms with Crippen LogP contribution in [0.4, 0.5) is 5.69 Å². The quantitative estimate of drug-likeness (QED) is 0.913. The van der Waals surface area contributed by atoms with Crippen molar-refractivity contribution in [3.63, 3.8) is 0 Å². The molecular weight excluding hydrogens is 252 g/mol. The molecule has 0 unspecified atom stereocenters. The molecule has 0 radical (unpaired) electrons. The Balaban J connectivity index is 2.27. The molecule has 15 heavy (non-hydrogen) atoms. The van der Waals surface area contributed by atoms with Crippen molar-refractivity contribution in [3.8, 4) is 0 Å². The molecule has 1 heterocycles. The van der Waals surface area contributed by atoms with Crippen LogP contribution in [-0.4, -0.2) is 19.6 Å². The minimum atomic E-state index is 0.720. The summed E-state index contributed by atoms with van der Waals surface area (Å²) in [5.74, 6) is 0. The minimum absolute atomic E-state index is 0.720. The molecule has 0 saturated carbocycles. The third kappa shape index (κ3) is 2.52. The molecule has 1 fully saturated rings. The summed E-state index contributed by atoms with van der Waals surface area (Å²) in [6.45, 7) is 3.11. The zero-order chi connectivity index (χ0) is 10.7. The lowest BCUT2D eigenvalue weighted by Crippen LogP contribution is -2.20. The monoisotopic (exact) mass is 268 g/mol. The first-order valence-electron chi connectivity index (χ1n) is 5.54. The van der Waals surface area contributed by atoms with Crippen molar-refractivity contribution in [2.24, 2.45) is 5.73 Å². The molecule has 2 N–H and O–H groups in total. The molecule has 0 aliphatic carbocycles. The van der Waals surface area contributed by atoms with E-state index in [0.717, 1.165) is 17.4 Å². The Morgan fingerprint density at radius 1 is 1.27 bits per heavy atom. The standard InChI is InChI=1S/C12H17BrN2/c13-11-3-4-12(10(9-11)5-6-14)15-7-1-2-8-15/h3-4,9H,1-2,5-8,14H2. The topological polar surface area (TPSA) is 29.3 Å². The summed E-state index contributed by atoms with van der Waals surface area (Å²) in [6.07, 6.45) is 3.60. The number of hydrogen-bond donors (Lipinski definition) is 1. The second kappa shape index (κ2) is 4.99. The Hall–Kier alpha value is -0.540. The number of nitrogens with two attached hydrogens (primary N) is 1. The Morgan fingerprint density at radius 3 is 2.67 bits per heavy atom. The molecule has 1 aromatic rings. The van der Waals surface area contributed by atoms with E-state index in [1.54, 1.807) is 0 Å². The highest BCUT2D eigenvalue weighted by Crippen LogP contribution is 2.27. The van der Waals surface area contributed by atoms with Crippen LogP contribution < -0.4 is 10.6 Å². The predicted molar refractivity (Wildman–Crippen MR) is 68.3 cm³/mol. The van der Waals surface area contributed by atoms with Crippen LogP contribution in [0.25, 0.3) is 0 Å². The van der Waals surface area contributed by atoms with E-state index in [2.05, 4.69) is 39.0 Å². The summed E-state index contributed by atoms with van der Waals surface area (Å²) >= 11 is 3.52. The van der Waals surface area contributed by atoms with Crippen molar-refractivity contribution in [2.45, 2.75) is 19.3 Å². The first-order chi connectivity index (χ1) is 7.31. The number of hydrogen-bond acceptors (Lipinski definition) is 2. The third-order valence-electron chi connectivity index (χ3n) is 2.90. The van der Waals surface area contributed by atoms with Gasteiger partial charge in [0.05, 0.1) is 0 Å². The maximum absolute atomic E-state index is 5.64. The summed E-state index contributed by atoms with van der Waals surface area (Å²) in [6, 6.07) is 6.52. The Bertz CT molecular complexity index is 332. The zero-order valence-electron chi connectivity index (χ0n) is 8.88. The fraction of sp³-hybridized carbons (Fsp3) is 0.500. The normalized spacial score (nSPS) is 16.0. The highest BCUT2D eigenvalue weighted by atomic mass is 79.9. The largest absolute Gasteiger partial charge is 0.371 e. The highest BCUT2D eigenvalue weighted by molar-refractivity contribution is 9.10. The maximum Gasteiger partial charge on any atom is 0.0400 e. The molecule has 1 aliphatic heterocycles. The molecule has 1 aromatic carbocycles. The molecule has 0 atom stereocenters. The number of halogens is 1. The van der Waals surface area contributed by atoms with E-state index in [1.165, 1.54) is 37.2 Å². The number of nitrogens with zero attached hydrogens (tertiary/aromatic N) is 1. The first-order valence-corrected chi connectivity index (χ1v) is 6.34. The molecule has 2 nitrogen and oxygen atoms in total. The number of anilines is 1. The van der Waals surface area contributed by atoms with Crippen LogP contribution >= 0.6 is 15.9 Å². The summed E-state index contributed by atoms with van der Waals surface area (Å²) in [5.41, 5.74) is 8.39. The van der Waals surface area contributed by atoms with Crippen molar-refractivity contribution in [1.82, 2.24) is 0 Å². The lowest BCUT2D eigenvalue weighted by molar-refractivity contribution is 0.917. The minimum Gasteiger partial charge on any atom is -0.371 e. The van der Waals surface area contributed by atoms with Crippen LogP contribution in [0.2, 0.25) is 0 Å². The van der Waals surface area contributed by atoms with E-state index < -0.39 is 0 Å². The van der Waals surface area contributed by atoms with Gasteiger partial charge in [0, 0.05) is 23.2 Å². The van der Waals surface area contributed by atoms with Crippen molar-refractivity contribution in [2.75, 3.05) is 24.5 Å². The summed E-state index contributed by atoms with van der Waals surface area (Å²) in [7, 11) is 0. The van der Waals surface area contributed by atoms with Gasteiger partial charge in [-0.3, -0.25) is 0 Å². The fourth-order valence-corrected chi connectivity index (χ4v) is 2.58. The van der Waals surface area contributed by atoms with E-state index in [4.69, 9.17) is 5.73 Å². The highest BCUT2D eigenvalue weighted by Gasteiger charge is 2.15. The number of rotatable bonds is 3. The van der Waals surface area contributed by atoms with Gasteiger partial charge in [0.2, 0.25) is 0 Å². The fourth-order valence-electron chi connectivity index (χ4n) is 2.18. The van der Waals surface area contributed by atoms with Gasteiger partial charge in [0.15, 0.2) is 0 Å². The molecule has 1 aliphatic rings. The van der Waals surface area contributed by atoms with Crippen molar-refractivity contribution < 1.29 is 0 Å². The second-order valence-corrected chi connectivity index (χ2v) is 4.92. The molecular formula is C12H17BrN2. The Morgan fingerprint density at radius 2 is 2.00 bits per heavy atom. The Kier molecular flexibility index (Phi) is 3.65. The Labute approximate surface area is 99.6 Å². The third-order valence-corrected chi connectivity index (χ3v) is 3.40. The van der Waals surface area contributed by atoms with E-state index in [1.807, 2.05) is 0 Å². The SMILES string of the molecule is NCCc1cc(Br)ccc1N1CCCC1. The van der Waals surface area contributed by atoms with Crippen LogP contribution in [0.5, 0.6) is 0 Å². The smallest absolute Gasteiger partial charge is 0.0400 e. The lowest BCUT2D eigenvalue weighted by atomic mass is 10.1. The molecule has 0 bridgehead atoms. The average Bonchev–Trinajstić information content (AvgIpc) is 2.71. The average molecular weight is 269 g/mol. The molecule has 1 saturated heterocycles. The van der Waals surface area contributed by atoms with Gasteiger partial charge in [-0.25, -0.2) is 0 Å². The summed E-state index contributed by atoms with van der Waals surface area (Å²) < 4.78 is 1.15. The van der Waals surface area contributed by atoms with Gasteiger partial charge in [0.25, 0.3) is 0 Å². The van der Waals surface area contributed by atoms with E-state index in [0.29, 0.717) is 0 Å². The van der Waals surface area contributed by atoms with E-state index in [9.17, 15) is 0 Å². The van der Waals surface area contributed by atoms with Crippen LogP contribution in [-0.2, 0) is 6.42 Å². The molecule has 0 amide bonds. The van der Waals surface area contributed by atoms with Crippen LogP contribution in [0, 0.1) is 0 Å². The second-order valence-electron chi connectivity index (χ2n) is 4.01. The van der Waals surface area contributed by atoms with Gasteiger partial charge in [-0.05, 0) is 49.6 Å². The predicted octanol–water partition coefficient (Wildman–Crippen LogP) is 2.55. The van der Waals surface area contributed by atoms with Gasteiger partial charge in [-0.1, -0.05) is 15.9 Å². The van der Waals surface area contributed by atoms with Crippen LogP contribution in [0.3, 0.4) is 0 Å². The molecule has 2 rings (SSSR count). The molecule has 82 valence electrons. The number of benzene rings is 1. The van der Waals surface area contributed by atoms with Gasteiger partial charge in [-0.15, -0.1) is 0 Å². The van der Waals surface area contributed by atoms with Crippen molar-refractivity contribution in [3.05, 3.63) is 28.2 Å². The maximum atomic E-state index is 5.64. The molecule has 3 heteroatoms. The van der Waals surface area contributed by atoms with E-state index >= 15 is 0 Å². The van der Waals surface area contributed by atoms with E-state index in [-0.39, 0.29) is 0 Å². The van der Waals surface area contributed by atoms with Gasteiger partial charge in [0.1, 0.15) is 0 Å². The van der Waals surface area contributed by atoms with Crippen molar-refractivity contribution in [1.29, 1.82) is 0 Å². The summed E-state index contributed by atoms with van der Waals surface area (Å²) in [5, 5.41) is 0. The first kappa shape index (κ1) is 11.0. The lowest BCUT2D eigenvalue weighted by Gasteiger charge is -2.21. The molecule has 0 aromatic heterocycles. The molecule has 0 spiro atoms. The summed E-state index contributed by atoms with van der Waals surface area (Å²) in [4.78, 5) is 2.47. The zero-order valence-corrected chi connectivity index (χ0v) is 10.5. The van der Waals surface area contributed by atoms with Crippen LogP contribution in [0.15, 0.2) is 22.7 Å². The van der Waals surface area contributed by atoms with Gasteiger partial charge >= 0.3 is 0 Å². The van der Waals surface area contributed by atoms with Gasteiger partial charge < -0.3 is 10.6 Å². The van der Waals surface area contributed by atoms with Gasteiger partial charge in [-0.2, -0.15) is 0 Å². The van der Waals surface area contributed by atoms with Crippen molar-refractivity contribution >= 4 is 21.6 Å².